The van der Waals surface area contributed by atoms with Crippen LogP contribution in [0.3, 0.4) is 0 Å². The van der Waals surface area contributed by atoms with Crippen molar-refractivity contribution in [3.63, 3.8) is 0 Å². The normalized spacial score (nSPS) is 41.4. The fraction of sp³-hybridized carbons (Fsp3) is 0.960. The summed E-state index contributed by atoms with van der Waals surface area (Å²) in [6, 6.07) is -5.13. The maximum atomic E-state index is 12.6. The van der Waals surface area contributed by atoms with Gasteiger partial charge in [-0.3, -0.25) is 5.21 Å². The minimum atomic E-state index is -1.63. The predicted octanol–water partition coefficient (Wildman–Crippen LogP) is -7.55. The molecule has 45 heavy (non-hydrogen) atoms. The molecule has 1 aliphatic carbocycles. The largest absolute Gasteiger partial charge is 0.394 e. The summed E-state index contributed by atoms with van der Waals surface area (Å²) in [6.07, 6.45) is -13.3. The fourth-order valence-electron chi connectivity index (χ4n) is 5.64. The van der Waals surface area contributed by atoms with E-state index < -0.39 is 104 Å². The number of carbonyl (C=O) groups is 1. The minimum absolute atomic E-state index is 0.0431. The van der Waals surface area contributed by atoms with Crippen LogP contribution in [0.2, 0.25) is 0 Å². The second-order valence-electron chi connectivity index (χ2n) is 11.7. The van der Waals surface area contributed by atoms with E-state index in [0.717, 1.165) is 0 Å². The van der Waals surface area contributed by atoms with Crippen LogP contribution in [0.15, 0.2) is 0 Å². The van der Waals surface area contributed by atoms with E-state index in [1.165, 1.54) is 0 Å². The Kier molecular flexibility index (Phi) is 14.9. The summed E-state index contributed by atoms with van der Waals surface area (Å²) in [4.78, 5) is 12.6. The zero-order valence-corrected chi connectivity index (χ0v) is 25.0. The van der Waals surface area contributed by atoms with Crippen molar-refractivity contribution in [2.75, 3.05) is 39.3 Å². The lowest BCUT2D eigenvalue weighted by atomic mass is 9.83. The van der Waals surface area contributed by atoms with E-state index in [2.05, 4.69) is 10.6 Å². The Morgan fingerprint density at radius 1 is 0.911 bits per heavy atom. The lowest BCUT2D eigenvalue weighted by Crippen LogP contribution is -2.69. The van der Waals surface area contributed by atoms with E-state index in [1.54, 1.807) is 0 Å². The van der Waals surface area contributed by atoms with Gasteiger partial charge in [0, 0.05) is 25.7 Å². The van der Waals surface area contributed by atoms with Gasteiger partial charge in [0.15, 0.2) is 12.6 Å². The van der Waals surface area contributed by atoms with Crippen LogP contribution in [0, 0.1) is 0 Å². The number of aliphatic hydroxyl groups excluding tert-OH is 6. The van der Waals surface area contributed by atoms with Crippen molar-refractivity contribution in [3.05, 3.63) is 0 Å². The Morgan fingerprint density at radius 3 is 2.22 bits per heavy atom. The van der Waals surface area contributed by atoms with E-state index >= 15 is 0 Å². The Balaban J connectivity index is 1.77. The summed E-state index contributed by atoms with van der Waals surface area (Å²) in [5.74, 6) is 0. The molecule has 0 aromatic heterocycles. The molecule has 264 valence electrons. The predicted molar refractivity (Wildman–Crippen MR) is 154 cm³/mol. The third kappa shape index (κ3) is 9.81. The lowest BCUT2D eigenvalue weighted by Gasteiger charge is -2.48. The van der Waals surface area contributed by atoms with Gasteiger partial charge in [-0.05, 0) is 25.8 Å². The summed E-state index contributed by atoms with van der Waals surface area (Å²) in [5.41, 5.74) is 29.4. The molecule has 3 rings (SSSR count). The van der Waals surface area contributed by atoms with Crippen molar-refractivity contribution in [1.82, 2.24) is 15.7 Å². The topological polar surface area (TPSA) is 353 Å². The maximum Gasteiger partial charge on any atom is 0.341 e. The molecule has 0 aromatic carbocycles. The molecule has 0 bridgehead atoms. The first-order valence-corrected chi connectivity index (χ1v) is 15.1. The van der Waals surface area contributed by atoms with Crippen LogP contribution in [0.5, 0.6) is 0 Å². The van der Waals surface area contributed by atoms with Gasteiger partial charge in [-0.2, -0.15) is 0 Å². The molecular formula is C25H52N8O12. The molecule has 0 spiro atoms. The number of urea groups is 1. The monoisotopic (exact) mass is 656 g/mol. The summed E-state index contributed by atoms with van der Waals surface area (Å²) in [7, 11) is 0. The molecule has 0 radical (unpaired) electrons. The number of aliphatic hydroxyl groups is 6. The molecule has 2 aliphatic heterocycles. The summed E-state index contributed by atoms with van der Waals surface area (Å²) >= 11 is 0. The minimum Gasteiger partial charge on any atom is -0.394 e. The van der Waals surface area contributed by atoms with Crippen LogP contribution in [0.25, 0.3) is 0 Å². The molecule has 15 atom stereocenters. The van der Waals surface area contributed by atoms with Crippen LogP contribution < -0.4 is 39.3 Å². The first kappa shape index (κ1) is 38.0. The Bertz CT molecular complexity index is 901. The SMILES string of the molecule is NCCC(O)CNC[C@H]1O[C@H](OC2[C@@H](N)C[C@@H](NC(=O)N(O)CCN)[C@H](O[C@H]3O[C@H](CO)[C@@H](O)[C@H](N)[C@H]3O)[C@H]2O)[C@H](N)C[C@@H]1O. The molecule has 2 saturated heterocycles. The number of nitrogens with one attached hydrogen (secondary N) is 2. The number of carbonyl (C=O) groups excluding carboxylic acids is 1. The van der Waals surface area contributed by atoms with Crippen LogP contribution in [0.1, 0.15) is 19.3 Å². The van der Waals surface area contributed by atoms with Crippen molar-refractivity contribution in [3.8, 4) is 0 Å². The number of amides is 2. The number of rotatable bonds is 14. The van der Waals surface area contributed by atoms with Gasteiger partial charge >= 0.3 is 6.03 Å². The van der Waals surface area contributed by atoms with Gasteiger partial charge in [0.2, 0.25) is 0 Å². The fourth-order valence-corrected chi connectivity index (χ4v) is 5.64. The Labute approximate surface area is 260 Å². The van der Waals surface area contributed by atoms with Crippen LogP contribution >= 0.6 is 0 Å². The second-order valence-corrected chi connectivity index (χ2v) is 11.7. The molecule has 0 aromatic rings. The van der Waals surface area contributed by atoms with E-state index in [4.69, 9.17) is 47.6 Å². The quantitative estimate of drug-likeness (QED) is 0.0609. The van der Waals surface area contributed by atoms with E-state index in [1.807, 2.05) is 0 Å². The number of hydroxylamine groups is 2. The van der Waals surface area contributed by atoms with Crippen LogP contribution in [-0.2, 0) is 18.9 Å². The van der Waals surface area contributed by atoms with E-state index in [9.17, 15) is 40.6 Å². The zero-order valence-electron chi connectivity index (χ0n) is 25.0. The van der Waals surface area contributed by atoms with Gasteiger partial charge < -0.3 is 88.9 Å². The van der Waals surface area contributed by atoms with Gasteiger partial charge in [0.25, 0.3) is 0 Å². The number of nitrogens with zero attached hydrogens (tertiary/aromatic N) is 1. The van der Waals surface area contributed by atoms with Crippen molar-refractivity contribution >= 4 is 6.03 Å². The maximum absolute atomic E-state index is 12.6. The highest BCUT2D eigenvalue weighted by atomic mass is 16.7. The van der Waals surface area contributed by atoms with Crippen molar-refractivity contribution < 1.29 is 59.6 Å². The molecule has 2 heterocycles. The van der Waals surface area contributed by atoms with E-state index in [-0.39, 0.29) is 39.0 Å². The van der Waals surface area contributed by atoms with Gasteiger partial charge in [-0.1, -0.05) is 0 Å². The van der Waals surface area contributed by atoms with Gasteiger partial charge in [0.1, 0.15) is 36.6 Å². The number of ether oxygens (including phenoxy) is 4. The van der Waals surface area contributed by atoms with Crippen LogP contribution in [0.4, 0.5) is 4.79 Å². The third-order valence-electron chi connectivity index (χ3n) is 8.25. The number of hydrogen-bond acceptors (Lipinski definition) is 18. The number of nitrogens with two attached hydrogens (primary N) is 5. The van der Waals surface area contributed by atoms with Gasteiger partial charge in [0.05, 0.1) is 49.6 Å². The number of hydrogen-bond donors (Lipinski definition) is 14. The standard InChI is InChI=1S/C25H52N8O12/c26-2-1-10(35)7-31-8-15-14(36)6-12(29)23(42-15)44-21-11(28)5-13(32-25(40)33(41)4-3-27)22(20(21)39)45-24-19(38)17(30)18(37)16(9-34)43-24/h10-24,31,34-39,41H,1-9,26-30H2,(H,32,40)/t10?,11-,12+,13+,14-,15+,16+,17-,18+,19+,20-,21?,22-,23+,24+/m0/s1. The third-order valence-corrected chi connectivity index (χ3v) is 8.25. The molecule has 2 amide bonds. The average Bonchev–Trinajstić information content (AvgIpc) is 2.99. The molecule has 20 nitrogen and oxygen atoms in total. The first-order valence-electron chi connectivity index (χ1n) is 15.1. The highest BCUT2D eigenvalue weighted by Crippen LogP contribution is 2.31. The highest BCUT2D eigenvalue weighted by molar-refractivity contribution is 5.73. The first-order chi connectivity index (χ1) is 21.3. The van der Waals surface area contributed by atoms with Gasteiger partial charge in [-0.25, -0.2) is 9.86 Å². The summed E-state index contributed by atoms with van der Waals surface area (Å²) in [5, 5.41) is 78.3. The van der Waals surface area contributed by atoms with Gasteiger partial charge in [-0.15, -0.1) is 0 Å². The molecule has 1 saturated carbocycles. The molecule has 2 unspecified atom stereocenters. The zero-order chi connectivity index (χ0) is 33.4. The van der Waals surface area contributed by atoms with E-state index in [0.29, 0.717) is 18.0 Å². The Hall–Kier alpha value is -1.41. The second kappa shape index (κ2) is 17.7. The molecular weight excluding hydrogens is 604 g/mol. The summed E-state index contributed by atoms with van der Waals surface area (Å²) in [6.45, 7) is -0.241. The molecule has 20 heteroatoms. The summed E-state index contributed by atoms with van der Waals surface area (Å²) < 4.78 is 23.5. The molecule has 19 N–H and O–H groups in total. The van der Waals surface area contributed by atoms with Crippen LogP contribution in [-0.4, -0.2) is 178 Å². The average molecular weight is 657 g/mol. The smallest absolute Gasteiger partial charge is 0.341 e. The van der Waals surface area contributed by atoms with Crippen molar-refractivity contribution in [2.45, 2.75) is 111 Å². The Morgan fingerprint density at radius 2 is 1.58 bits per heavy atom. The highest BCUT2D eigenvalue weighted by Gasteiger charge is 2.51. The molecule has 3 fully saturated rings. The lowest BCUT2D eigenvalue weighted by molar-refractivity contribution is -0.316. The van der Waals surface area contributed by atoms with Crippen molar-refractivity contribution in [1.29, 1.82) is 0 Å². The van der Waals surface area contributed by atoms with Crippen molar-refractivity contribution in [2.24, 2.45) is 28.7 Å². The molecule has 3 aliphatic rings.